The van der Waals surface area contributed by atoms with E-state index in [1.807, 2.05) is 0 Å². The number of imidazole rings is 1. The summed E-state index contributed by atoms with van der Waals surface area (Å²) in [6, 6.07) is 7.77. The highest BCUT2D eigenvalue weighted by molar-refractivity contribution is 7.14. The van der Waals surface area contributed by atoms with Gasteiger partial charge in [-0.2, -0.15) is 26.3 Å². The van der Waals surface area contributed by atoms with Crippen LogP contribution in [0.15, 0.2) is 46.6 Å². The Balaban J connectivity index is 1.78. The number of hydrogen-bond acceptors (Lipinski definition) is 5. The van der Waals surface area contributed by atoms with E-state index in [1.54, 1.807) is 17.5 Å². The van der Waals surface area contributed by atoms with Crippen LogP contribution in [0.2, 0.25) is 0 Å². The van der Waals surface area contributed by atoms with Gasteiger partial charge in [-0.15, -0.1) is 11.3 Å². The molecular formula is C22H7F6N3O3S. The number of carbonyl (C=O) groups is 2. The van der Waals surface area contributed by atoms with E-state index in [0.717, 1.165) is 28.4 Å². The van der Waals surface area contributed by atoms with Gasteiger partial charge in [-0.05, 0) is 41.8 Å². The first-order valence-electron chi connectivity index (χ1n) is 9.75. The number of pyridine rings is 1. The smallest absolute Gasteiger partial charge is 0.268 e. The van der Waals surface area contributed by atoms with Gasteiger partial charge in [0.15, 0.2) is 11.4 Å². The van der Waals surface area contributed by atoms with E-state index in [9.17, 15) is 40.7 Å². The molecule has 6 nitrogen and oxygen atoms in total. The minimum absolute atomic E-state index is 0.0199. The summed E-state index contributed by atoms with van der Waals surface area (Å²) in [5.41, 5.74) is -6.79. The molecule has 6 rings (SSSR count). The van der Waals surface area contributed by atoms with Crippen LogP contribution in [-0.4, -0.2) is 21.2 Å². The Kier molecular flexibility index (Phi) is 4.04. The second kappa shape index (κ2) is 6.56. The molecule has 0 N–H and O–H groups in total. The molecule has 0 fully saturated rings. The van der Waals surface area contributed by atoms with Crippen molar-refractivity contribution in [3.63, 3.8) is 0 Å². The van der Waals surface area contributed by atoms with Crippen LogP contribution in [0.25, 0.3) is 27.2 Å². The standard InChI is InChI=1S/C22H7F6N3O3S/c23-21(24,25)15-16(22(26,27)28)31-17(29-15)8-3-4-10-14-11(6-5-9(13(8)14)20(31)34)19(33)30(18(10)32)12-2-1-7-35-12/h1-7H. The molecule has 1 aliphatic rings. The highest BCUT2D eigenvalue weighted by Crippen LogP contribution is 2.43. The van der Waals surface area contributed by atoms with Crippen molar-refractivity contribution in [1.82, 2.24) is 9.38 Å². The van der Waals surface area contributed by atoms with Crippen molar-refractivity contribution in [2.45, 2.75) is 12.4 Å². The molecule has 2 aromatic carbocycles. The fourth-order valence-electron chi connectivity index (χ4n) is 4.53. The van der Waals surface area contributed by atoms with Gasteiger partial charge in [0.1, 0.15) is 10.6 Å². The summed E-state index contributed by atoms with van der Waals surface area (Å²) < 4.78 is 81.5. The molecule has 5 aromatic rings. The number of aromatic nitrogens is 2. The van der Waals surface area contributed by atoms with E-state index in [-0.39, 0.29) is 37.1 Å². The Morgan fingerprint density at radius 1 is 0.771 bits per heavy atom. The molecule has 0 saturated carbocycles. The lowest BCUT2D eigenvalue weighted by Crippen LogP contribution is -2.40. The van der Waals surface area contributed by atoms with Crippen molar-refractivity contribution >= 4 is 55.3 Å². The van der Waals surface area contributed by atoms with Crippen molar-refractivity contribution in [3.05, 3.63) is 74.6 Å². The van der Waals surface area contributed by atoms with Crippen LogP contribution in [0.4, 0.5) is 31.3 Å². The quantitative estimate of drug-likeness (QED) is 0.227. The predicted octanol–water partition coefficient (Wildman–Crippen LogP) is 5.34. The van der Waals surface area contributed by atoms with Crippen molar-refractivity contribution in [2.75, 3.05) is 4.90 Å². The van der Waals surface area contributed by atoms with Crippen molar-refractivity contribution < 1.29 is 35.9 Å². The van der Waals surface area contributed by atoms with Crippen molar-refractivity contribution in [3.8, 4) is 0 Å². The number of nitrogens with zero attached hydrogens (tertiary/aromatic N) is 3. The number of amides is 2. The number of hydrogen-bond donors (Lipinski definition) is 0. The second-order valence-corrected chi connectivity index (χ2v) is 8.66. The lowest BCUT2D eigenvalue weighted by molar-refractivity contribution is -0.166. The van der Waals surface area contributed by atoms with Gasteiger partial charge in [0.05, 0.1) is 0 Å². The summed E-state index contributed by atoms with van der Waals surface area (Å²) in [5.74, 6) is -1.47. The van der Waals surface area contributed by atoms with Crippen LogP contribution in [0.3, 0.4) is 0 Å². The highest BCUT2D eigenvalue weighted by Gasteiger charge is 2.49. The first kappa shape index (κ1) is 21.5. The Morgan fingerprint density at radius 3 is 1.94 bits per heavy atom. The third-order valence-corrected chi connectivity index (χ3v) is 6.70. The molecule has 0 spiro atoms. The predicted molar refractivity (Wildman–Crippen MR) is 113 cm³/mol. The molecule has 0 unspecified atom stereocenters. The lowest BCUT2D eigenvalue weighted by Gasteiger charge is -2.26. The number of thiophene rings is 1. The number of carbonyl (C=O) groups excluding carboxylic acids is 2. The minimum Gasteiger partial charge on any atom is -0.268 e. The average Bonchev–Trinajstić information content (AvgIpc) is 3.44. The molecule has 0 atom stereocenters. The summed E-state index contributed by atoms with van der Waals surface area (Å²) >= 11 is 1.13. The molecule has 4 heterocycles. The number of anilines is 1. The molecule has 0 aliphatic carbocycles. The van der Waals surface area contributed by atoms with Crippen LogP contribution in [-0.2, 0) is 12.4 Å². The number of rotatable bonds is 1. The Hall–Kier alpha value is -4.00. The van der Waals surface area contributed by atoms with Crippen LogP contribution >= 0.6 is 11.3 Å². The van der Waals surface area contributed by atoms with Crippen LogP contribution in [0, 0.1) is 0 Å². The maximum absolute atomic E-state index is 13.7. The fraction of sp³-hybridized carbons (Fsp3) is 0.0909. The zero-order valence-corrected chi connectivity index (χ0v) is 17.6. The number of fused-ring (bicyclic) bond motifs is 2. The van der Waals surface area contributed by atoms with Gasteiger partial charge in [-0.3, -0.25) is 18.8 Å². The van der Waals surface area contributed by atoms with Crippen LogP contribution in [0.5, 0.6) is 0 Å². The first-order chi connectivity index (χ1) is 16.4. The summed E-state index contributed by atoms with van der Waals surface area (Å²) in [6.45, 7) is 0. The number of halogens is 6. The molecular weight excluding hydrogens is 500 g/mol. The van der Waals surface area contributed by atoms with Gasteiger partial charge >= 0.3 is 12.4 Å². The topological polar surface area (TPSA) is 71.7 Å². The zero-order valence-electron chi connectivity index (χ0n) is 16.8. The molecule has 1 aliphatic heterocycles. The largest absolute Gasteiger partial charge is 0.435 e. The molecule has 13 heteroatoms. The Bertz CT molecular complexity index is 1770. The van der Waals surface area contributed by atoms with E-state index in [0.29, 0.717) is 5.00 Å². The monoisotopic (exact) mass is 507 g/mol. The molecule has 0 bridgehead atoms. The average molecular weight is 507 g/mol. The van der Waals surface area contributed by atoms with Crippen LogP contribution in [0.1, 0.15) is 32.1 Å². The summed E-state index contributed by atoms with van der Waals surface area (Å²) in [4.78, 5) is 43.6. The normalized spacial score (nSPS) is 14.7. The van der Waals surface area contributed by atoms with Gasteiger partial charge in [-0.1, -0.05) is 0 Å². The maximum atomic E-state index is 13.7. The van der Waals surface area contributed by atoms with E-state index >= 15 is 0 Å². The third-order valence-electron chi connectivity index (χ3n) is 5.84. The zero-order chi connectivity index (χ0) is 25.0. The number of benzene rings is 2. The van der Waals surface area contributed by atoms with Gasteiger partial charge < -0.3 is 0 Å². The van der Waals surface area contributed by atoms with E-state index in [4.69, 9.17) is 0 Å². The molecule has 35 heavy (non-hydrogen) atoms. The van der Waals surface area contributed by atoms with Gasteiger partial charge in [0.2, 0.25) is 0 Å². The SMILES string of the molecule is O=C1c2ccc3c(=O)n4c(C(F)(F)F)c(C(F)(F)F)nc4c4ccc(c2c34)C(=O)N1c1cccs1. The van der Waals surface area contributed by atoms with Crippen molar-refractivity contribution in [2.24, 2.45) is 0 Å². The summed E-state index contributed by atoms with van der Waals surface area (Å²) in [5, 5.41) is 1.25. The summed E-state index contributed by atoms with van der Waals surface area (Å²) in [6.07, 6.45) is -11.0. The van der Waals surface area contributed by atoms with Gasteiger partial charge in [0, 0.05) is 32.7 Å². The molecule has 0 saturated heterocycles. The molecule has 176 valence electrons. The van der Waals surface area contributed by atoms with Crippen molar-refractivity contribution in [1.29, 1.82) is 0 Å². The molecule has 2 amide bonds. The highest BCUT2D eigenvalue weighted by atomic mass is 32.1. The number of alkyl halides is 6. The second-order valence-electron chi connectivity index (χ2n) is 7.74. The third kappa shape index (κ3) is 2.72. The summed E-state index contributed by atoms with van der Waals surface area (Å²) in [7, 11) is 0. The van der Waals surface area contributed by atoms with Gasteiger partial charge in [-0.25, -0.2) is 9.88 Å². The molecule has 3 aromatic heterocycles. The molecule has 0 radical (unpaired) electrons. The Labute approximate surface area is 193 Å². The van der Waals surface area contributed by atoms with Crippen LogP contribution < -0.4 is 10.5 Å². The first-order valence-corrected chi connectivity index (χ1v) is 10.6. The van der Waals surface area contributed by atoms with Gasteiger partial charge in [0.25, 0.3) is 17.4 Å². The van der Waals surface area contributed by atoms with E-state index in [2.05, 4.69) is 4.98 Å². The van der Waals surface area contributed by atoms with E-state index in [1.165, 1.54) is 12.1 Å². The number of imide groups is 1. The van der Waals surface area contributed by atoms with E-state index < -0.39 is 46.8 Å². The maximum Gasteiger partial charge on any atom is 0.435 e. The Morgan fingerprint density at radius 2 is 1.40 bits per heavy atom. The fourth-order valence-corrected chi connectivity index (χ4v) is 5.25. The lowest BCUT2D eigenvalue weighted by atomic mass is 9.90. The minimum atomic E-state index is -5.54.